The number of amides is 1. The van der Waals surface area contributed by atoms with Crippen LogP contribution in [0.5, 0.6) is 0 Å². The molecule has 4 heteroatoms. The van der Waals surface area contributed by atoms with Crippen LogP contribution in [0.15, 0.2) is 30.3 Å². The number of hydrogen-bond acceptors (Lipinski definition) is 3. The molecule has 3 rings (SSSR count). The van der Waals surface area contributed by atoms with Crippen LogP contribution < -0.4 is 5.32 Å². The van der Waals surface area contributed by atoms with Crippen molar-refractivity contribution in [3.05, 3.63) is 35.9 Å². The molecule has 0 radical (unpaired) electrons. The van der Waals surface area contributed by atoms with Gasteiger partial charge in [-0.15, -0.1) is 0 Å². The molecule has 2 aliphatic heterocycles. The first kappa shape index (κ1) is 13.6. The summed E-state index contributed by atoms with van der Waals surface area (Å²) in [5.41, 5.74) is 0.657. The molecule has 20 heavy (non-hydrogen) atoms. The highest BCUT2D eigenvalue weighted by atomic mass is 16.3. The number of benzene rings is 1. The van der Waals surface area contributed by atoms with E-state index in [0.29, 0.717) is 6.42 Å². The molecule has 2 aliphatic rings. The van der Waals surface area contributed by atoms with Crippen molar-refractivity contribution >= 4 is 5.91 Å². The first-order valence-corrected chi connectivity index (χ1v) is 7.35. The highest BCUT2D eigenvalue weighted by Crippen LogP contribution is 2.45. The lowest BCUT2D eigenvalue weighted by Crippen LogP contribution is -2.57. The fourth-order valence-corrected chi connectivity index (χ4v) is 3.78. The van der Waals surface area contributed by atoms with E-state index in [1.807, 2.05) is 37.4 Å². The lowest BCUT2D eigenvalue weighted by Gasteiger charge is -2.49. The van der Waals surface area contributed by atoms with Gasteiger partial charge in [0, 0.05) is 7.05 Å². The van der Waals surface area contributed by atoms with E-state index in [-0.39, 0.29) is 17.4 Å². The summed E-state index contributed by atoms with van der Waals surface area (Å²) in [6, 6.07) is 9.61. The fraction of sp³-hybridized carbons (Fsp3) is 0.562. The average molecular weight is 274 g/mol. The molecular formula is C16H22N2O2. The molecule has 0 saturated carbocycles. The maximum atomic E-state index is 12.8. The van der Waals surface area contributed by atoms with Gasteiger partial charge in [0.1, 0.15) is 0 Å². The van der Waals surface area contributed by atoms with E-state index in [4.69, 9.17) is 0 Å². The smallest absolute Gasteiger partial charge is 0.229 e. The lowest BCUT2D eigenvalue weighted by atomic mass is 9.69. The van der Waals surface area contributed by atoms with Crippen molar-refractivity contribution in [2.24, 2.45) is 5.41 Å². The number of aliphatic hydroxyl groups excluding tert-OH is 1. The number of aliphatic hydroxyl groups is 1. The topological polar surface area (TPSA) is 52.6 Å². The Balaban J connectivity index is 1.89. The molecule has 0 bridgehead atoms. The maximum absolute atomic E-state index is 12.8. The molecule has 4 nitrogen and oxygen atoms in total. The first-order valence-electron chi connectivity index (χ1n) is 7.35. The third-order valence-corrected chi connectivity index (χ3v) is 4.86. The SMILES string of the molecule is CN1C(=O)C2(CCNCC2)C[C@@H](O)[C@@H]1c1ccccc1. The Bertz CT molecular complexity index is 483. The molecule has 1 spiro atoms. The highest BCUT2D eigenvalue weighted by Gasteiger charge is 2.50. The standard InChI is InChI=1S/C16H22N2O2/c1-18-14(12-5-3-2-4-6-12)13(19)11-16(15(18)20)7-9-17-10-8-16/h2-6,13-14,17,19H,7-11H2,1H3/t13-,14+/m1/s1. The van der Waals surface area contributed by atoms with Crippen molar-refractivity contribution in [3.63, 3.8) is 0 Å². The Hall–Kier alpha value is -1.39. The maximum Gasteiger partial charge on any atom is 0.229 e. The van der Waals surface area contributed by atoms with Crippen LogP contribution in [0.25, 0.3) is 0 Å². The quantitative estimate of drug-likeness (QED) is 0.812. The second-order valence-electron chi connectivity index (χ2n) is 6.07. The van der Waals surface area contributed by atoms with Crippen molar-refractivity contribution in [3.8, 4) is 0 Å². The van der Waals surface area contributed by atoms with E-state index in [1.54, 1.807) is 4.90 Å². The van der Waals surface area contributed by atoms with Crippen LogP contribution in [0.1, 0.15) is 30.9 Å². The van der Waals surface area contributed by atoms with Gasteiger partial charge in [-0.2, -0.15) is 0 Å². The molecular weight excluding hydrogens is 252 g/mol. The summed E-state index contributed by atoms with van der Waals surface area (Å²) in [7, 11) is 1.83. The van der Waals surface area contributed by atoms with Crippen LogP contribution in [0.3, 0.4) is 0 Å². The number of rotatable bonds is 1. The molecule has 0 aromatic heterocycles. The molecule has 0 aliphatic carbocycles. The Kier molecular flexibility index (Phi) is 3.52. The summed E-state index contributed by atoms with van der Waals surface area (Å²) in [5.74, 6) is 0.193. The summed E-state index contributed by atoms with van der Waals surface area (Å²) >= 11 is 0. The third kappa shape index (κ3) is 2.13. The normalized spacial score (nSPS) is 29.7. The van der Waals surface area contributed by atoms with Gasteiger partial charge in [-0.3, -0.25) is 4.79 Å². The number of carbonyl (C=O) groups excluding carboxylic acids is 1. The third-order valence-electron chi connectivity index (χ3n) is 4.86. The molecule has 108 valence electrons. The number of carbonyl (C=O) groups is 1. The van der Waals surface area contributed by atoms with Crippen molar-refractivity contribution < 1.29 is 9.90 Å². The predicted molar refractivity (Wildman–Crippen MR) is 77.1 cm³/mol. The Morgan fingerprint density at radius 1 is 1.25 bits per heavy atom. The molecule has 0 unspecified atom stereocenters. The number of likely N-dealkylation sites (N-methyl/N-ethyl adjacent to an activating group) is 1. The monoisotopic (exact) mass is 274 g/mol. The van der Waals surface area contributed by atoms with Crippen molar-refractivity contribution in [1.29, 1.82) is 0 Å². The summed E-state index contributed by atoms with van der Waals surface area (Å²) in [4.78, 5) is 14.6. The molecule has 1 amide bonds. The summed E-state index contributed by atoms with van der Waals surface area (Å²) in [6.45, 7) is 1.73. The van der Waals surface area contributed by atoms with E-state index in [0.717, 1.165) is 31.5 Å². The van der Waals surface area contributed by atoms with Gasteiger partial charge in [0.05, 0.1) is 17.6 Å². The largest absolute Gasteiger partial charge is 0.391 e. The van der Waals surface area contributed by atoms with Gasteiger partial charge in [-0.25, -0.2) is 0 Å². The van der Waals surface area contributed by atoms with Gasteiger partial charge in [-0.05, 0) is 37.9 Å². The van der Waals surface area contributed by atoms with Gasteiger partial charge in [0.15, 0.2) is 0 Å². The van der Waals surface area contributed by atoms with Gasteiger partial charge >= 0.3 is 0 Å². The zero-order valence-corrected chi connectivity index (χ0v) is 11.9. The zero-order chi connectivity index (χ0) is 14.2. The first-order chi connectivity index (χ1) is 9.64. The Labute approximate surface area is 119 Å². The van der Waals surface area contributed by atoms with Crippen molar-refractivity contribution in [2.75, 3.05) is 20.1 Å². The lowest BCUT2D eigenvalue weighted by molar-refractivity contribution is -0.159. The molecule has 1 aromatic carbocycles. The minimum absolute atomic E-state index is 0.193. The fourth-order valence-electron chi connectivity index (χ4n) is 3.78. The zero-order valence-electron chi connectivity index (χ0n) is 11.9. The van der Waals surface area contributed by atoms with E-state index in [2.05, 4.69) is 5.32 Å². The van der Waals surface area contributed by atoms with E-state index >= 15 is 0 Å². The second-order valence-corrected chi connectivity index (χ2v) is 6.07. The molecule has 2 N–H and O–H groups in total. The van der Waals surface area contributed by atoms with Crippen LogP contribution in [0, 0.1) is 5.41 Å². The van der Waals surface area contributed by atoms with Crippen LogP contribution in [-0.2, 0) is 4.79 Å². The van der Waals surface area contributed by atoms with E-state index in [9.17, 15) is 9.90 Å². The highest BCUT2D eigenvalue weighted by molar-refractivity contribution is 5.84. The Morgan fingerprint density at radius 3 is 2.55 bits per heavy atom. The number of nitrogens with one attached hydrogen (secondary N) is 1. The summed E-state index contributed by atoms with van der Waals surface area (Å²) in [5, 5.41) is 13.9. The van der Waals surface area contributed by atoms with Gasteiger partial charge in [0.2, 0.25) is 5.91 Å². The summed E-state index contributed by atoms with van der Waals surface area (Å²) < 4.78 is 0. The number of piperidine rings is 2. The molecule has 2 fully saturated rings. The van der Waals surface area contributed by atoms with E-state index < -0.39 is 6.10 Å². The van der Waals surface area contributed by atoms with Crippen molar-refractivity contribution in [1.82, 2.24) is 10.2 Å². The number of nitrogens with zero attached hydrogens (tertiary/aromatic N) is 1. The Morgan fingerprint density at radius 2 is 1.90 bits per heavy atom. The van der Waals surface area contributed by atoms with Gasteiger partial charge < -0.3 is 15.3 Å². The molecule has 2 heterocycles. The predicted octanol–water partition coefficient (Wildman–Crippen LogP) is 1.32. The van der Waals surface area contributed by atoms with Crippen molar-refractivity contribution in [2.45, 2.75) is 31.4 Å². The molecule has 2 atom stereocenters. The summed E-state index contributed by atoms with van der Waals surface area (Å²) in [6.07, 6.45) is 1.75. The minimum atomic E-state index is -0.488. The van der Waals surface area contributed by atoms with Crippen LogP contribution in [0.2, 0.25) is 0 Å². The van der Waals surface area contributed by atoms with Gasteiger partial charge in [0.25, 0.3) is 0 Å². The minimum Gasteiger partial charge on any atom is -0.391 e. The second kappa shape index (κ2) is 5.19. The van der Waals surface area contributed by atoms with E-state index in [1.165, 1.54) is 0 Å². The van der Waals surface area contributed by atoms with Crippen LogP contribution >= 0.6 is 0 Å². The average Bonchev–Trinajstić information content (AvgIpc) is 2.47. The van der Waals surface area contributed by atoms with Gasteiger partial charge in [-0.1, -0.05) is 30.3 Å². The number of likely N-dealkylation sites (tertiary alicyclic amines) is 1. The molecule has 1 aromatic rings. The number of hydrogen-bond donors (Lipinski definition) is 2. The molecule has 2 saturated heterocycles. The van der Waals surface area contributed by atoms with Crippen LogP contribution in [0.4, 0.5) is 0 Å². The van der Waals surface area contributed by atoms with Crippen LogP contribution in [-0.4, -0.2) is 42.2 Å².